The molecule has 142 valence electrons. The van der Waals surface area contributed by atoms with Crippen molar-refractivity contribution in [1.82, 2.24) is 15.0 Å². The summed E-state index contributed by atoms with van der Waals surface area (Å²) in [6.07, 6.45) is 5.11. The van der Waals surface area contributed by atoms with Crippen molar-refractivity contribution in [2.45, 2.75) is 0 Å². The lowest BCUT2D eigenvalue weighted by molar-refractivity contribution is 0.102. The maximum absolute atomic E-state index is 12.4. The van der Waals surface area contributed by atoms with E-state index in [9.17, 15) is 4.79 Å². The second kappa shape index (κ2) is 8.22. The van der Waals surface area contributed by atoms with Crippen LogP contribution < -0.4 is 15.1 Å². The first kappa shape index (κ1) is 18.2. The Morgan fingerprint density at radius 2 is 1.68 bits per heavy atom. The summed E-state index contributed by atoms with van der Waals surface area (Å²) in [4.78, 5) is 29.8. The van der Waals surface area contributed by atoms with E-state index >= 15 is 0 Å². The first-order valence-electron chi connectivity index (χ1n) is 8.99. The van der Waals surface area contributed by atoms with Crippen LogP contribution in [-0.4, -0.2) is 47.0 Å². The first-order valence-corrected chi connectivity index (χ1v) is 9.37. The normalized spacial score (nSPS) is 14.0. The highest BCUT2D eigenvalue weighted by Gasteiger charge is 2.20. The summed E-state index contributed by atoms with van der Waals surface area (Å²) in [6, 6.07) is 12.5. The molecule has 0 unspecified atom stereocenters. The van der Waals surface area contributed by atoms with Crippen molar-refractivity contribution in [3.63, 3.8) is 0 Å². The molecule has 0 radical (unpaired) electrons. The molecule has 28 heavy (non-hydrogen) atoms. The van der Waals surface area contributed by atoms with E-state index in [0.29, 0.717) is 16.3 Å². The van der Waals surface area contributed by atoms with E-state index in [-0.39, 0.29) is 5.91 Å². The second-order valence-corrected chi connectivity index (χ2v) is 6.83. The Hall–Kier alpha value is -3.19. The molecule has 0 bridgehead atoms. The zero-order valence-corrected chi connectivity index (χ0v) is 15.9. The number of benzene rings is 1. The molecule has 1 saturated heterocycles. The first-order chi connectivity index (χ1) is 13.7. The molecular weight excluding hydrogens is 376 g/mol. The van der Waals surface area contributed by atoms with Gasteiger partial charge in [0.25, 0.3) is 5.91 Å². The predicted octanol–water partition coefficient (Wildman–Crippen LogP) is 3.10. The number of piperazine rings is 1. The van der Waals surface area contributed by atoms with E-state index in [4.69, 9.17) is 11.6 Å². The van der Waals surface area contributed by atoms with Crippen LogP contribution in [0, 0.1) is 0 Å². The molecule has 1 fully saturated rings. The molecule has 0 saturated carbocycles. The molecule has 1 aliphatic rings. The van der Waals surface area contributed by atoms with Gasteiger partial charge in [0.05, 0.1) is 5.56 Å². The average molecular weight is 395 g/mol. The topological polar surface area (TPSA) is 74.2 Å². The lowest BCUT2D eigenvalue weighted by Crippen LogP contribution is -2.47. The van der Waals surface area contributed by atoms with Gasteiger partial charge in [-0.3, -0.25) is 4.79 Å². The Labute approximate surface area is 168 Å². The SMILES string of the molecule is O=C(Nc1cccc(Cl)c1)c1ccc(N2CCN(c3ncccn3)CC2)nc1. The molecule has 2 aromatic heterocycles. The molecule has 4 rings (SSSR count). The van der Waals surface area contributed by atoms with Crippen molar-refractivity contribution >= 4 is 35.0 Å². The number of rotatable bonds is 4. The summed E-state index contributed by atoms with van der Waals surface area (Å²) in [5, 5.41) is 3.40. The molecule has 7 nitrogen and oxygen atoms in total. The smallest absolute Gasteiger partial charge is 0.257 e. The number of nitrogens with zero attached hydrogens (tertiary/aromatic N) is 5. The van der Waals surface area contributed by atoms with Crippen LogP contribution in [0.1, 0.15) is 10.4 Å². The van der Waals surface area contributed by atoms with Crippen LogP contribution in [0.15, 0.2) is 61.1 Å². The number of anilines is 3. The zero-order valence-electron chi connectivity index (χ0n) is 15.1. The Kier molecular flexibility index (Phi) is 5.34. The molecular formula is C20H19ClN6O. The quantitative estimate of drug-likeness (QED) is 0.733. The number of amides is 1. The van der Waals surface area contributed by atoms with Gasteiger partial charge in [0.2, 0.25) is 5.95 Å². The van der Waals surface area contributed by atoms with Crippen molar-refractivity contribution in [2.75, 3.05) is 41.3 Å². The van der Waals surface area contributed by atoms with Crippen LogP contribution in [0.5, 0.6) is 0 Å². The number of carbonyl (C=O) groups excluding carboxylic acids is 1. The Balaban J connectivity index is 1.36. The monoisotopic (exact) mass is 394 g/mol. The molecule has 8 heteroatoms. The molecule has 1 N–H and O–H groups in total. The highest BCUT2D eigenvalue weighted by atomic mass is 35.5. The third kappa shape index (κ3) is 4.20. The number of carbonyl (C=O) groups is 1. The molecule has 1 aromatic carbocycles. The average Bonchev–Trinajstić information content (AvgIpc) is 2.75. The van der Waals surface area contributed by atoms with E-state index in [2.05, 4.69) is 30.1 Å². The highest BCUT2D eigenvalue weighted by Crippen LogP contribution is 2.18. The Morgan fingerprint density at radius 1 is 0.929 bits per heavy atom. The number of hydrogen-bond acceptors (Lipinski definition) is 6. The molecule has 1 aliphatic heterocycles. The molecule has 0 atom stereocenters. The van der Waals surface area contributed by atoms with E-state index in [1.165, 1.54) is 0 Å². The minimum atomic E-state index is -0.215. The summed E-state index contributed by atoms with van der Waals surface area (Å²) >= 11 is 5.95. The van der Waals surface area contributed by atoms with Gasteiger partial charge in [0, 0.05) is 55.5 Å². The van der Waals surface area contributed by atoms with Crippen molar-refractivity contribution in [3.05, 3.63) is 71.6 Å². The molecule has 0 spiro atoms. The van der Waals surface area contributed by atoms with E-state index < -0.39 is 0 Å². The third-order valence-corrected chi connectivity index (χ3v) is 4.77. The lowest BCUT2D eigenvalue weighted by atomic mass is 10.2. The van der Waals surface area contributed by atoms with E-state index in [1.54, 1.807) is 48.9 Å². The largest absolute Gasteiger partial charge is 0.353 e. The standard InChI is InChI=1S/C20H19ClN6O/c21-16-3-1-4-17(13-16)25-19(28)15-5-6-18(24-14-15)26-9-11-27(12-10-26)20-22-7-2-8-23-20/h1-8,13-14H,9-12H2,(H,25,28). The minimum Gasteiger partial charge on any atom is -0.353 e. The molecule has 3 aromatic rings. The summed E-state index contributed by atoms with van der Waals surface area (Å²) in [5.74, 6) is 1.39. The zero-order chi connectivity index (χ0) is 19.3. The predicted molar refractivity (Wildman–Crippen MR) is 110 cm³/mol. The van der Waals surface area contributed by atoms with Crippen LogP contribution in [0.4, 0.5) is 17.5 Å². The molecule has 0 aliphatic carbocycles. The van der Waals surface area contributed by atoms with Crippen molar-refractivity contribution in [2.24, 2.45) is 0 Å². The molecule has 3 heterocycles. The highest BCUT2D eigenvalue weighted by molar-refractivity contribution is 6.30. The minimum absolute atomic E-state index is 0.215. The van der Waals surface area contributed by atoms with Crippen LogP contribution in [-0.2, 0) is 0 Å². The van der Waals surface area contributed by atoms with E-state index in [1.807, 2.05) is 12.1 Å². The fourth-order valence-corrected chi connectivity index (χ4v) is 3.26. The van der Waals surface area contributed by atoms with Gasteiger partial charge in [-0.25, -0.2) is 15.0 Å². The third-order valence-electron chi connectivity index (χ3n) is 4.53. The van der Waals surface area contributed by atoms with Gasteiger partial charge in [-0.05, 0) is 36.4 Å². The molecule has 1 amide bonds. The maximum atomic E-state index is 12.4. The number of nitrogens with one attached hydrogen (secondary N) is 1. The number of aromatic nitrogens is 3. The maximum Gasteiger partial charge on any atom is 0.257 e. The number of pyridine rings is 1. The van der Waals surface area contributed by atoms with Gasteiger partial charge in [-0.2, -0.15) is 0 Å². The second-order valence-electron chi connectivity index (χ2n) is 6.39. The van der Waals surface area contributed by atoms with Crippen LogP contribution >= 0.6 is 11.6 Å². The lowest BCUT2D eigenvalue weighted by Gasteiger charge is -2.35. The number of halogens is 1. The van der Waals surface area contributed by atoms with Crippen molar-refractivity contribution < 1.29 is 4.79 Å². The van der Waals surface area contributed by atoms with Gasteiger partial charge >= 0.3 is 0 Å². The summed E-state index contributed by atoms with van der Waals surface area (Å²) in [6.45, 7) is 3.28. The van der Waals surface area contributed by atoms with Gasteiger partial charge in [0.1, 0.15) is 5.82 Å². The van der Waals surface area contributed by atoms with Gasteiger partial charge in [-0.1, -0.05) is 17.7 Å². The summed E-state index contributed by atoms with van der Waals surface area (Å²) in [7, 11) is 0. The Morgan fingerprint density at radius 3 is 2.36 bits per heavy atom. The van der Waals surface area contributed by atoms with Crippen LogP contribution in [0.3, 0.4) is 0 Å². The van der Waals surface area contributed by atoms with Crippen molar-refractivity contribution in [3.8, 4) is 0 Å². The van der Waals surface area contributed by atoms with Gasteiger partial charge < -0.3 is 15.1 Å². The summed E-state index contributed by atoms with van der Waals surface area (Å²) < 4.78 is 0. The van der Waals surface area contributed by atoms with Crippen LogP contribution in [0.2, 0.25) is 5.02 Å². The fourth-order valence-electron chi connectivity index (χ4n) is 3.07. The Bertz CT molecular complexity index is 942. The van der Waals surface area contributed by atoms with Crippen molar-refractivity contribution in [1.29, 1.82) is 0 Å². The van der Waals surface area contributed by atoms with Gasteiger partial charge in [0.15, 0.2) is 0 Å². The van der Waals surface area contributed by atoms with Crippen LogP contribution in [0.25, 0.3) is 0 Å². The fraction of sp³-hybridized carbons (Fsp3) is 0.200. The van der Waals surface area contributed by atoms with E-state index in [0.717, 1.165) is 37.9 Å². The summed E-state index contributed by atoms with van der Waals surface area (Å²) in [5.41, 5.74) is 1.15. The number of hydrogen-bond donors (Lipinski definition) is 1. The van der Waals surface area contributed by atoms with Gasteiger partial charge in [-0.15, -0.1) is 0 Å².